The Balaban J connectivity index is 1.43. The summed E-state index contributed by atoms with van der Waals surface area (Å²) in [7, 11) is 0. The van der Waals surface area contributed by atoms with Crippen LogP contribution in [0.4, 0.5) is 0 Å². The van der Waals surface area contributed by atoms with Gasteiger partial charge in [0.25, 0.3) is 17.7 Å². The van der Waals surface area contributed by atoms with Gasteiger partial charge in [0, 0.05) is 17.5 Å². The van der Waals surface area contributed by atoms with E-state index < -0.39 is 17.9 Å². The van der Waals surface area contributed by atoms with Crippen molar-refractivity contribution in [2.75, 3.05) is 13.2 Å². The minimum absolute atomic E-state index is 0.255. The van der Waals surface area contributed by atoms with Crippen molar-refractivity contribution >= 4 is 17.7 Å². The number of hydrazine groups is 1. The highest BCUT2D eigenvalue weighted by molar-refractivity contribution is 5.99. The number of nitrogens with one attached hydrogen (secondary N) is 3. The van der Waals surface area contributed by atoms with Crippen LogP contribution < -0.4 is 25.6 Å². The Kier molecular flexibility index (Phi) is 6.84. The Hall–Kier alpha value is -4.33. The van der Waals surface area contributed by atoms with Crippen molar-refractivity contribution in [2.45, 2.75) is 12.5 Å². The van der Waals surface area contributed by atoms with Gasteiger partial charge in [0.2, 0.25) is 0 Å². The summed E-state index contributed by atoms with van der Waals surface area (Å²) < 4.78 is 10.9. The summed E-state index contributed by atoms with van der Waals surface area (Å²) in [5.74, 6) is -0.419. The molecule has 8 nitrogen and oxygen atoms in total. The third-order valence-corrected chi connectivity index (χ3v) is 5.04. The van der Waals surface area contributed by atoms with E-state index in [2.05, 4.69) is 16.2 Å². The van der Waals surface area contributed by atoms with Gasteiger partial charge in [0.1, 0.15) is 19.3 Å². The molecule has 3 amide bonds. The molecule has 0 spiro atoms. The molecule has 1 aliphatic heterocycles. The van der Waals surface area contributed by atoms with Gasteiger partial charge in [-0.15, -0.1) is 0 Å². The lowest BCUT2D eigenvalue weighted by molar-refractivity contribution is -0.123. The van der Waals surface area contributed by atoms with Crippen LogP contribution in [-0.2, 0) is 11.2 Å². The third kappa shape index (κ3) is 5.68. The van der Waals surface area contributed by atoms with Gasteiger partial charge in [-0.3, -0.25) is 25.2 Å². The van der Waals surface area contributed by atoms with Crippen LogP contribution in [0.5, 0.6) is 11.5 Å². The van der Waals surface area contributed by atoms with E-state index in [0.717, 1.165) is 5.56 Å². The van der Waals surface area contributed by atoms with E-state index >= 15 is 0 Å². The zero-order chi connectivity index (χ0) is 23.0. The lowest BCUT2D eigenvalue weighted by atomic mass is 10.0. The molecule has 1 heterocycles. The molecule has 3 aromatic rings. The van der Waals surface area contributed by atoms with E-state index in [1.807, 2.05) is 30.3 Å². The van der Waals surface area contributed by atoms with E-state index in [-0.39, 0.29) is 12.3 Å². The van der Waals surface area contributed by atoms with Gasteiger partial charge in [0.15, 0.2) is 11.5 Å². The Morgan fingerprint density at radius 2 is 1.39 bits per heavy atom. The van der Waals surface area contributed by atoms with Gasteiger partial charge >= 0.3 is 0 Å². The van der Waals surface area contributed by atoms with Crippen molar-refractivity contribution in [3.63, 3.8) is 0 Å². The molecule has 4 rings (SSSR count). The second kappa shape index (κ2) is 10.3. The van der Waals surface area contributed by atoms with E-state index in [0.29, 0.717) is 35.8 Å². The van der Waals surface area contributed by atoms with Gasteiger partial charge in [-0.2, -0.15) is 0 Å². The molecule has 0 aromatic heterocycles. The van der Waals surface area contributed by atoms with E-state index in [1.54, 1.807) is 48.5 Å². The highest BCUT2D eigenvalue weighted by Crippen LogP contribution is 2.30. The van der Waals surface area contributed by atoms with Crippen LogP contribution in [0, 0.1) is 0 Å². The smallest absolute Gasteiger partial charge is 0.269 e. The fourth-order valence-corrected chi connectivity index (χ4v) is 3.35. The van der Waals surface area contributed by atoms with Gasteiger partial charge in [-0.05, 0) is 35.9 Å². The summed E-state index contributed by atoms with van der Waals surface area (Å²) in [6.45, 7) is 0.850. The van der Waals surface area contributed by atoms with Crippen molar-refractivity contribution in [2.24, 2.45) is 0 Å². The van der Waals surface area contributed by atoms with Crippen LogP contribution in [0.3, 0.4) is 0 Å². The molecule has 0 saturated heterocycles. The van der Waals surface area contributed by atoms with Crippen molar-refractivity contribution in [1.29, 1.82) is 0 Å². The summed E-state index contributed by atoms with van der Waals surface area (Å²) in [6, 6.07) is 21.8. The highest BCUT2D eigenvalue weighted by atomic mass is 16.6. The first kappa shape index (κ1) is 21.9. The van der Waals surface area contributed by atoms with Gasteiger partial charge in [-0.25, -0.2) is 0 Å². The molecule has 0 fully saturated rings. The molecule has 0 saturated carbocycles. The first-order valence-electron chi connectivity index (χ1n) is 10.5. The molecule has 168 valence electrons. The Bertz CT molecular complexity index is 1140. The van der Waals surface area contributed by atoms with Crippen LogP contribution >= 0.6 is 0 Å². The molecule has 1 aliphatic rings. The zero-order valence-electron chi connectivity index (χ0n) is 17.7. The molecular formula is C25H23N3O5. The van der Waals surface area contributed by atoms with Crippen molar-refractivity contribution in [3.05, 3.63) is 95.6 Å². The quantitative estimate of drug-likeness (QED) is 0.505. The second-order valence-corrected chi connectivity index (χ2v) is 7.38. The largest absolute Gasteiger partial charge is 0.486 e. The molecule has 8 heteroatoms. The maximum absolute atomic E-state index is 12.9. The zero-order valence-corrected chi connectivity index (χ0v) is 17.7. The summed E-state index contributed by atoms with van der Waals surface area (Å²) in [5, 5.41) is 2.75. The molecule has 0 bridgehead atoms. The Labute approximate surface area is 190 Å². The first-order valence-corrected chi connectivity index (χ1v) is 10.5. The highest BCUT2D eigenvalue weighted by Gasteiger charge is 2.23. The molecule has 1 unspecified atom stereocenters. The topological polar surface area (TPSA) is 106 Å². The third-order valence-electron chi connectivity index (χ3n) is 5.04. The second-order valence-electron chi connectivity index (χ2n) is 7.38. The van der Waals surface area contributed by atoms with Crippen molar-refractivity contribution in [1.82, 2.24) is 16.2 Å². The average Bonchev–Trinajstić information content (AvgIpc) is 2.87. The van der Waals surface area contributed by atoms with Gasteiger partial charge in [0.05, 0.1) is 0 Å². The standard InChI is InChI=1S/C25H23N3O5/c29-23(18-9-5-2-6-10-18)26-20(15-17-7-3-1-4-8-17)25(31)28-27-24(30)19-11-12-21-22(16-19)33-14-13-32-21/h1-12,16,20H,13-15H2,(H,26,29)(H,27,30)(H,28,31). The lowest BCUT2D eigenvalue weighted by Crippen LogP contribution is -2.53. The van der Waals surface area contributed by atoms with Gasteiger partial charge in [-0.1, -0.05) is 48.5 Å². The Morgan fingerprint density at radius 1 is 0.727 bits per heavy atom. The molecule has 0 radical (unpaired) electrons. The lowest BCUT2D eigenvalue weighted by Gasteiger charge is -2.20. The van der Waals surface area contributed by atoms with Crippen molar-refractivity contribution < 1.29 is 23.9 Å². The monoisotopic (exact) mass is 445 g/mol. The minimum Gasteiger partial charge on any atom is -0.486 e. The summed E-state index contributed by atoms with van der Waals surface area (Å²) >= 11 is 0. The molecule has 1 atom stereocenters. The number of carbonyl (C=O) groups is 3. The summed E-state index contributed by atoms with van der Waals surface area (Å²) in [6.07, 6.45) is 0.255. The van der Waals surface area contributed by atoms with E-state index in [9.17, 15) is 14.4 Å². The normalized spacial score (nSPS) is 12.8. The Morgan fingerprint density at radius 3 is 2.12 bits per heavy atom. The number of rotatable bonds is 6. The van der Waals surface area contributed by atoms with E-state index in [4.69, 9.17) is 9.47 Å². The van der Waals surface area contributed by atoms with Crippen LogP contribution in [0.1, 0.15) is 26.3 Å². The van der Waals surface area contributed by atoms with Gasteiger partial charge < -0.3 is 14.8 Å². The molecule has 3 N–H and O–H groups in total. The maximum Gasteiger partial charge on any atom is 0.269 e. The number of hydrogen-bond donors (Lipinski definition) is 3. The number of fused-ring (bicyclic) bond motifs is 1. The van der Waals surface area contributed by atoms with Crippen LogP contribution in [0.25, 0.3) is 0 Å². The van der Waals surface area contributed by atoms with Crippen LogP contribution in [-0.4, -0.2) is 37.0 Å². The van der Waals surface area contributed by atoms with Crippen LogP contribution in [0.2, 0.25) is 0 Å². The number of hydrogen-bond acceptors (Lipinski definition) is 5. The number of carbonyl (C=O) groups excluding carboxylic acids is 3. The fraction of sp³-hybridized carbons (Fsp3) is 0.160. The summed E-state index contributed by atoms with van der Waals surface area (Å²) in [4.78, 5) is 38.1. The predicted molar refractivity (Wildman–Crippen MR) is 121 cm³/mol. The number of benzene rings is 3. The van der Waals surface area contributed by atoms with Crippen LogP contribution in [0.15, 0.2) is 78.9 Å². The SMILES string of the molecule is O=C(NNC(=O)C(Cc1ccccc1)NC(=O)c1ccccc1)c1ccc2c(c1)OCCO2. The fourth-order valence-electron chi connectivity index (χ4n) is 3.35. The molecule has 0 aliphatic carbocycles. The average molecular weight is 445 g/mol. The summed E-state index contributed by atoms with van der Waals surface area (Å²) in [5.41, 5.74) is 6.41. The minimum atomic E-state index is -0.902. The molecular weight excluding hydrogens is 422 g/mol. The molecule has 33 heavy (non-hydrogen) atoms. The van der Waals surface area contributed by atoms with E-state index in [1.165, 1.54) is 0 Å². The molecule has 3 aromatic carbocycles. The number of ether oxygens (including phenoxy) is 2. The maximum atomic E-state index is 12.9. The predicted octanol–water partition coefficient (Wildman–Crippen LogP) is 2.26. The van der Waals surface area contributed by atoms with Crippen molar-refractivity contribution in [3.8, 4) is 11.5 Å². The number of amides is 3. The first-order chi connectivity index (χ1) is 16.1.